The standard InChI is InChI=1S/C13H8FN3O3S/c14-8-3-1-2-7(6-8)11-12(16-20-13(11)15)9-4-5-10(21-9)17(18)19/h1-6H,15H2. The lowest BCUT2D eigenvalue weighted by molar-refractivity contribution is -0.380. The Morgan fingerprint density at radius 2 is 2.14 bits per heavy atom. The largest absolute Gasteiger partial charge is 0.367 e. The van der Waals surface area contributed by atoms with Gasteiger partial charge in [0.1, 0.15) is 11.5 Å². The number of hydrogen-bond donors (Lipinski definition) is 1. The Labute approximate surface area is 121 Å². The third kappa shape index (κ3) is 2.36. The topological polar surface area (TPSA) is 95.2 Å². The number of nitro groups is 1. The lowest BCUT2D eigenvalue weighted by atomic mass is 10.0. The minimum atomic E-state index is -0.487. The number of nitrogens with two attached hydrogens (primary N) is 1. The van der Waals surface area contributed by atoms with E-state index in [2.05, 4.69) is 5.16 Å². The molecule has 0 saturated heterocycles. The maximum atomic E-state index is 13.4. The molecule has 0 amide bonds. The van der Waals surface area contributed by atoms with Gasteiger partial charge in [-0.15, -0.1) is 0 Å². The number of halogens is 1. The van der Waals surface area contributed by atoms with Gasteiger partial charge in [-0.2, -0.15) is 0 Å². The minimum absolute atomic E-state index is 0.0169. The quantitative estimate of drug-likeness (QED) is 0.588. The second-order valence-electron chi connectivity index (χ2n) is 4.18. The van der Waals surface area contributed by atoms with Gasteiger partial charge >= 0.3 is 5.00 Å². The number of hydrogen-bond acceptors (Lipinski definition) is 6. The molecule has 0 fully saturated rings. The SMILES string of the molecule is Nc1onc(-c2ccc([N+](=O)[O-])s2)c1-c1cccc(F)c1. The lowest BCUT2D eigenvalue weighted by Gasteiger charge is -2.01. The predicted octanol–water partition coefficient (Wildman–Crippen LogP) is 3.70. The van der Waals surface area contributed by atoms with Gasteiger partial charge in [0.25, 0.3) is 0 Å². The van der Waals surface area contributed by atoms with Gasteiger partial charge in [0.05, 0.1) is 15.4 Å². The molecule has 1 aromatic carbocycles. The summed E-state index contributed by atoms with van der Waals surface area (Å²) in [6.45, 7) is 0. The third-order valence-electron chi connectivity index (χ3n) is 2.84. The molecule has 3 aromatic rings. The summed E-state index contributed by atoms with van der Waals surface area (Å²) in [7, 11) is 0. The Kier molecular flexibility index (Phi) is 3.15. The summed E-state index contributed by atoms with van der Waals surface area (Å²) in [5.74, 6) is -0.386. The fraction of sp³-hybridized carbons (Fsp3) is 0. The van der Waals surface area contributed by atoms with Gasteiger partial charge in [0.2, 0.25) is 5.88 Å². The number of rotatable bonds is 3. The molecular weight excluding hydrogens is 297 g/mol. The highest BCUT2D eigenvalue weighted by Gasteiger charge is 2.21. The predicted molar refractivity (Wildman–Crippen MR) is 76.3 cm³/mol. The minimum Gasteiger partial charge on any atom is -0.367 e. The van der Waals surface area contributed by atoms with Gasteiger partial charge in [0, 0.05) is 6.07 Å². The molecule has 2 heterocycles. The number of benzene rings is 1. The molecule has 2 aromatic heterocycles. The van der Waals surface area contributed by atoms with Crippen molar-refractivity contribution in [2.24, 2.45) is 0 Å². The molecule has 0 spiro atoms. The van der Waals surface area contributed by atoms with E-state index in [1.54, 1.807) is 12.1 Å². The van der Waals surface area contributed by atoms with E-state index in [-0.39, 0.29) is 10.9 Å². The van der Waals surface area contributed by atoms with Crippen LogP contribution in [0.25, 0.3) is 21.7 Å². The van der Waals surface area contributed by atoms with Crippen LogP contribution in [0.15, 0.2) is 40.9 Å². The van der Waals surface area contributed by atoms with E-state index in [1.165, 1.54) is 24.3 Å². The first kappa shape index (κ1) is 13.3. The van der Waals surface area contributed by atoms with Crippen molar-refractivity contribution in [1.82, 2.24) is 5.16 Å². The highest BCUT2D eigenvalue weighted by molar-refractivity contribution is 7.18. The molecule has 0 aliphatic rings. The van der Waals surface area contributed by atoms with Crippen molar-refractivity contribution >= 4 is 22.2 Å². The molecule has 0 radical (unpaired) electrons. The Bertz CT molecular complexity index is 828. The first-order valence-electron chi connectivity index (χ1n) is 5.82. The van der Waals surface area contributed by atoms with Crippen LogP contribution in [0.5, 0.6) is 0 Å². The average Bonchev–Trinajstić information content (AvgIpc) is 3.05. The Balaban J connectivity index is 2.14. The van der Waals surface area contributed by atoms with Gasteiger partial charge in [0.15, 0.2) is 0 Å². The molecule has 2 N–H and O–H groups in total. The summed E-state index contributed by atoms with van der Waals surface area (Å²) >= 11 is 0.950. The zero-order chi connectivity index (χ0) is 15.0. The molecule has 0 bridgehead atoms. The van der Waals surface area contributed by atoms with Crippen LogP contribution in [0, 0.1) is 15.9 Å². The van der Waals surface area contributed by atoms with Crippen molar-refractivity contribution in [2.45, 2.75) is 0 Å². The van der Waals surface area contributed by atoms with E-state index < -0.39 is 10.7 Å². The fourth-order valence-electron chi connectivity index (χ4n) is 1.95. The number of thiophene rings is 1. The Morgan fingerprint density at radius 3 is 2.81 bits per heavy atom. The van der Waals surface area contributed by atoms with Crippen LogP contribution < -0.4 is 5.73 Å². The van der Waals surface area contributed by atoms with E-state index in [9.17, 15) is 14.5 Å². The van der Waals surface area contributed by atoms with Crippen LogP contribution in [0.4, 0.5) is 15.3 Å². The summed E-state index contributed by atoms with van der Waals surface area (Å²) in [5.41, 5.74) is 7.03. The monoisotopic (exact) mass is 305 g/mol. The highest BCUT2D eigenvalue weighted by Crippen LogP contribution is 2.40. The Morgan fingerprint density at radius 1 is 1.33 bits per heavy atom. The zero-order valence-corrected chi connectivity index (χ0v) is 11.3. The summed E-state index contributed by atoms with van der Waals surface area (Å²) < 4.78 is 18.3. The second kappa shape index (κ2) is 4.98. The Hall–Kier alpha value is -2.74. The molecule has 0 aliphatic heterocycles. The second-order valence-corrected chi connectivity index (χ2v) is 5.24. The van der Waals surface area contributed by atoms with Crippen molar-refractivity contribution in [3.63, 3.8) is 0 Å². The molecule has 3 rings (SSSR count). The van der Waals surface area contributed by atoms with Crippen LogP contribution >= 0.6 is 11.3 Å². The van der Waals surface area contributed by atoms with Gasteiger partial charge in [-0.1, -0.05) is 28.6 Å². The molecule has 21 heavy (non-hydrogen) atoms. The van der Waals surface area contributed by atoms with Crippen LogP contribution in [-0.4, -0.2) is 10.1 Å². The van der Waals surface area contributed by atoms with E-state index in [1.807, 2.05) is 0 Å². The van der Waals surface area contributed by atoms with Gasteiger partial charge < -0.3 is 10.3 Å². The lowest BCUT2D eigenvalue weighted by Crippen LogP contribution is -1.87. The van der Waals surface area contributed by atoms with Gasteiger partial charge in [-0.05, 0) is 23.8 Å². The molecule has 8 heteroatoms. The first-order valence-corrected chi connectivity index (χ1v) is 6.63. The zero-order valence-electron chi connectivity index (χ0n) is 10.4. The molecule has 6 nitrogen and oxygen atoms in total. The van der Waals surface area contributed by atoms with Crippen molar-refractivity contribution < 1.29 is 13.8 Å². The molecule has 0 atom stereocenters. The van der Waals surface area contributed by atoms with Crippen molar-refractivity contribution in [3.05, 3.63) is 52.3 Å². The van der Waals surface area contributed by atoms with Crippen molar-refractivity contribution in [2.75, 3.05) is 5.73 Å². The number of nitrogen functional groups attached to an aromatic ring is 1. The number of aromatic nitrogens is 1. The summed E-state index contributed by atoms with van der Waals surface area (Å²) in [4.78, 5) is 10.8. The normalized spacial score (nSPS) is 10.7. The van der Waals surface area contributed by atoms with E-state index in [4.69, 9.17) is 10.3 Å². The number of nitrogens with zero attached hydrogens (tertiary/aromatic N) is 2. The maximum absolute atomic E-state index is 13.4. The van der Waals surface area contributed by atoms with E-state index in [0.29, 0.717) is 21.7 Å². The third-order valence-corrected chi connectivity index (χ3v) is 3.88. The first-order chi connectivity index (χ1) is 10.1. The van der Waals surface area contributed by atoms with Crippen LogP contribution in [0.1, 0.15) is 0 Å². The maximum Gasteiger partial charge on any atom is 0.324 e. The van der Waals surface area contributed by atoms with Crippen molar-refractivity contribution in [1.29, 1.82) is 0 Å². The van der Waals surface area contributed by atoms with Gasteiger partial charge in [-0.3, -0.25) is 10.1 Å². The smallest absolute Gasteiger partial charge is 0.324 e. The van der Waals surface area contributed by atoms with Gasteiger partial charge in [-0.25, -0.2) is 4.39 Å². The summed E-state index contributed by atoms with van der Waals surface area (Å²) in [6, 6.07) is 8.75. The summed E-state index contributed by atoms with van der Waals surface area (Å²) in [5, 5.41) is 14.6. The number of anilines is 1. The fourth-order valence-corrected chi connectivity index (χ4v) is 2.76. The molecule has 106 valence electrons. The van der Waals surface area contributed by atoms with Crippen LogP contribution in [-0.2, 0) is 0 Å². The molecular formula is C13H8FN3O3S. The molecule has 0 unspecified atom stereocenters. The molecule has 0 saturated carbocycles. The highest BCUT2D eigenvalue weighted by atomic mass is 32.1. The van der Waals surface area contributed by atoms with Crippen LogP contribution in [0.2, 0.25) is 0 Å². The van der Waals surface area contributed by atoms with Crippen molar-refractivity contribution in [3.8, 4) is 21.7 Å². The van der Waals surface area contributed by atoms with E-state index in [0.717, 1.165) is 11.3 Å². The van der Waals surface area contributed by atoms with Crippen LogP contribution in [0.3, 0.4) is 0 Å². The summed E-state index contributed by atoms with van der Waals surface area (Å²) in [6.07, 6.45) is 0. The molecule has 0 aliphatic carbocycles. The van der Waals surface area contributed by atoms with E-state index >= 15 is 0 Å². The average molecular weight is 305 g/mol.